The van der Waals surface area contributed by atoms with E-state index in [2.05, 4.69) is 10.6 Å². The molecule has 0 radical (unpaired) electrons. The Hall–Kier alpha value is -2.04. The van der Waals surface area contributed by atoms with E-state index in [4.69, 9.17) is 5.11 Å². The van der Waals surface area contributed by atoms with Crippen LogP contribution in [0.5, 0.6) is 0 Å². The summed E-state index contributed by atoms with van der Waals surface area (Å²) < 4.78 is 0. The molecule has 0 bridgehead atoms. The highest BCUT2D eigenvalue weighted by Crippen LogP contribution is 2.23. The van der Waals surface area contributed by atoms with Crippen LogP contribution in [0.4, 0.5) is 10.5 Å². The molecule has 0 unspecified atom stereocenters. The van der Waals surface area contributed by atoms with E-state index in [0.717, 1.165) is 5.56 Å². The molecule has 0 atom stereocenters. The summed E-state index contributed by atoms with van der Waals surface area (Å²) in [6.45, 7) is 6.92. The fraction of sp³-hybridized carbons (Fsp3) is 0.429. The number of anilines is 1. The van der Waals surface area contributed by atoms with E-state index in [9.17, 15) is 9.59 Å². The van der Waals surface area contributed by atoms with Gasteiger partial charge < -0.3 is 15.7 Å². The minimum Gasteiger partial charge on any atom is -0.480 e. The second kappa shape index (κ2) is 5.73. The number of hydrogen-bond donors (Lipinski definition) is 3. The van der Waals surface area contributed by atoms with Crippen molar-refractivity contribution < 1.29 is 14.7 Å². The van der Waals surface area contributed by atoms with E-state index < -0.39 is 17.5 Å². The molecule has 19 heavy (non-hydrogen) atoms. The van der Waals surface area contributed by atoms with Gasteiger partial charge in [-0.15, -0.1) is 0 Å². The third-order valence-corrected chi connectivity index (χ3v) is 2.79. The molecule has 3 N–H and O–H groups in total. The lowest BCUT2D eigenvalue weighted by Gasteiger charge is -2.22. The van der Waals surface area contributed by atoms with Gasteiger partial charge in [-0.2, -0.15) is 0 Å². The van der Waals surface area contributed by atoms with E-state index in [1.807, 2.05) is 32.0 Å². The standard InChI is InChI=1S/C14H20N2O3/c1-9(2)10-7-5-6-8-11(10)15-13(19)16-14(3,4)12(17)18/h5-9H,1-4H3,(H,17,18)(H2,15,16,19). The summed E-state index contributed by atoms with van der Waals surface area (Å²) in [4.78, 5) is 22.8. The van der Waals surface area contributed by atoms with Gasteiger partial charge >= 0.3 is 12.0 Å². The highest BCUT2D eigenvalue weighted by molar-refractivity contribution is 5.94. The molecule has 5 nitrogen and oxygen atoms in total. The average molecular weight is 264 g/mol. The van der Waals surface area contributed by atoms with Gasteiger partial charge in [-0.05, 0) is 31.4 Å². The van der Waals surface area contributed by atoms with Crippen molar-refractivity contribution in [3.05, 3.63) is 29.8 Å². The molecule has 0 spiro atoms. The van der Waals surface area contributed by atoms with Gasteiger partial charge in [-0.25, -0.2) is 9.59 Å². The number of aliphatic carboxylic acids is 1. The molecule has 1 aromatic carbocycles. The van der Waals surface area contributed by atoms with Crippen LogP contribution in [0.2, 0.25) is 0 Å². The van der Waals surface area contributed by atoms with Crippen molar-refractivity contribution in [3.8, 4) is 0 Å². The Labute approximate surface area is 113 Å². The average Bonchev–Trinajstić information content (AvgIpc) is 2.28. The minimum absolute atomic E-state index is 0.268. The highest BCUT2D eigenvalue weighted by atomic mass is 16.4. The molecule has 5 heteroatoms. The van der Waals surface area contributed by atoms with E-state index in [1.54, 1.807) is 6.07 Å². The summed E-state index contributed by atoms with van der Waals surface area (Å²) in [6.07, 6.45) is 0. The van der Waals surface area contributed by atoms with Gasteiger partial charge in [0.25, 0.3) is 0 Å². The van der Waals surface area contributed by atoms with Gasteiger partial charge in [-0.3, -0.25) is 0 Å². The first-order valence-corrected chi connectivity index (χ1v) is 6.15. The summed E-state index contributed by atoms with van der Waals surface area (Å²) in [5.74, 6) is -0.816. The first-order chi connectivity index (χ1) is 8.74. The smallest absolute Gasteiger partial charge is 0.328 e. The summed E-state index contributed by atoms with van der Waals surface area (Å²) in [7, 11) is 0. The van der Waals surface area contributed by atoms with Crippen LogP contribution in [0.1, 0.15) is 39.2 Å². The SMILES string of the molecule is CC(C)c1ccccc1NC(=O)NC(C)(C)C(=O)O. The number of hydrogen-bond acceptors (Lipinski definition) is 2. The second-order valence-corrected chi connectivity index (χ2v) is 5.25. The van der Waals surface area contributed by atoms with Gasteiger partial charge in [0.1, 0.15) is 5.54 Å². The first kappa shape index (κ1) is 15.0. The number of carbonyl (C=O) groups excluding carboxylic acids is 1. The molecule has 2 amide bonds. The molecule has 0 fully saturated rings. The molecular formula is C14H20N2O3. The van der Waals surface area contributed by atoms with Crippen LogP contribution in [0.3, 0.4) is 0 Å². The molecule has 104 valence electrons. The number of urea groups is 1. The summed E-state index contributed by atoms with van der Waals surface area (Å²) in [5, 5.41) is 14.1. The van der Waals surface area contributed by atoms with Crippen molar-refractivity contribution in [3.63, 3.8) is 0 Å². The second-order valence-electron chi connectivity index (χ2n) is 5.25. The third kappa shape index (κ3) is 3.98. The van der Waals surface area contributed by atoms with Gasteiger partial charge in [0.05, 0.1) is 0 Å². The van der Waals surface area contributed by atoms with Crippen LogP contribution in [0, 0.1) is 0 Å². The molecule has 1 aromatic rings. The number of carbonyl (C=O) groups is 2. The fourth-order valence-corrected chi connectivity index (χ4v) is 1.61. The van der Waals surface area contributed by atoms with Gasteiger partial charge in [0.15, 0.2) is 0 Å². The largest absolute Gasteiger partial charge is 0.480 e. The van der Waals surface area contributed by atoms with Crippen molar-refractivity contribution in [2.24, 2.45) is 0 Å². The van der Waals surface area contributed by atoms with Crippen molar-refractivity contribution in [2.45, 2.75) is 39.2 Å². The summed E-state index contributed by atoms with van der Waals surface area (Å²) in [5.41, 5.74) is 0.388. The van der Waals surface area contributed by atoms with E-state index in [0.29, 0.717) is 5.69 Å². The van der Waals surface area contributed by atoms with Crippen LogP contribution in [-0.2, 0) is 4.79 Å². The molecule has 0 saturated heterocycles. The predicted molar refractivity (Wildman–Crippen MR) is 74.4 cm³/mol. The molecular weight excluding hydrogens is 244 g/mol. The molecule has 1 rings (SSSR count). The Bertz CT molecular complexity index is 481. The maximum atomic E-state index is 11.8. The number of para-hydroxylation sites is 1. The van der Waals surface area contributed by atoms with Crippen LogP contribution in [0.25, 0.3) is 0 Å². The number of nitrogens with one attached hydrogen (secondary N) is 2. The van der Waals surface area contributed by atoms with Crippen LogP contribution in [-0.4, -0.2) is 22.6 Å². The Morgan fingerprint density at radius 1 is 1.21 bits per heavy atom. The van der Waals surface area contributed by atoms with Crippen LogP contribution in [0.15, 0.2) is 24.3 Å². The molecule has 0 heterocycles. The number of amides is 2. The van der Waals surface area contributed by atoms with E-state index >= 15 is 0 Å². The van der Waals surface area contributed by atoms with Crippen molar-refractivity contribution in [1.29, 1.82) is 0 Å². The van der Waals surface area contributed by atoms with Crippen molar-refractivity contribution in [2.75, 3.05) is 5.32 Å². The monoisotopic (exact) mass is 264 g/mol. The van der Waals surface area contributed by atoms with Gasteiger partial charge in [-0.1, -0.05) is 32.0 Å². The molecule has 0 aliphatic heterocycles. The maximum absolute atomic E-state index is 11.8. The lowest BCUT2D eigenvalue weighted by Crippen LogP contribution is -2.51. The lowest BCUT2D eigenvalue weighted by atomic mass is 10.0. The number of carboxylic acid groups (broad SMARTS) is 1. The topological polar surface area (TPSA) is 78.4 Å². The summed E-state index contributed by atoms with van der Waals surface area (Å²) >= 11 is 0. The number of carboxylic acids is 1. The zero-order valence-electron chi connectivity index (χ0n) is 11.7. The molecule has 0 aromatic heterocycles. The first-order valence-electron chi connectivity index (χ1n) is 6.15. The quantitative estimate of drug-likeness (QED) is 0.782. The van der Waals surface area contributed by atoms with Gasteiger partial charge in [0.2, 0.25) is 0 Å². The number of rotatable bonds is 4. The van der Waals surface area contributed by atoms with Crippen LogP contribution >= 0.6 is 0 Å². The zero-order valence-corrected chi connectivity index (χ0v) is 11.7. The normalized spacial score (nSPS) is 11.2. The zero-order chi connectivity index (χ0) is 14.6. The maximum Gasteiger partial charge on any atom is 0.328 e. The summed E-state index contributed by atoms with van der Waals surface area (Å²) in [6, 6.07) is 6.93. The Balaban J connectivity index is 2.81. The predicted octanol–water partition coefficient (Wildman–Crippen LogP) is 2.79. The van der Waals surface area contributed by atoms with Crippen molar-refractivity contribution >= 4 is 17.7 Å². The minimum atomic E-state index is -1.31. The Morgan fingerprint density at radius 2 is 1.79 bits per heavy atom. The Kier molecular flexibility index (Phi) is 4.53. The third-order valence-electron chi connectivity index (χ3n) is 2.79. The highest BCUT2D eigenvalue weighted by Gasteiger charge is 2.29. The molecule has 0 saturated carbocycles. The molecule has 0 aliphatic rings. The van der Waals surface area contributed by atoms with Crippen molar-refractivity contribution in [1.82, 2.24) is 5.32 Å². The molecule has 0 aliphatic carbocycles. The van der Waals surface area contributed by atoms with Crippen LogP contribution < -0.4 is 10.6 Å². The lowest BCUT2D eigenvalue weighted by molar-refractivity contribution is -0.142. The van der Waals surface area contributed by atoms with E-state index in [-0.39, 0.29) is 5.92 Å². The Morgan fingerprint density at radius 3 is 2.32 bits per heavy atom. The number of benzene rings is 1. The fourth-order valence-electron chi connectivity index (χ4n) is 1.61. The van der Waals surface area contributed by atoms with Gasteiger partial charge in [0, 0.05) is 5.69 Å². The van der Waals surface area contributed by atoms with E-state index in [1.165, 1.54) is 13.8 Å².